The van der Waals surface area contributed by atoms with Gasteiger partial charge < -0.3 is 19.9 Å². The third kappa shape index (κ3) is 3.64. The zero-order valence-corrected chi connectivity index (χ0v) is 20.6. The van der Waals surface area contributed by atoms with Gasteiger partial charge in [0.2, 0.25) is 0 Å². The van der Waals surface area contributed by atoms with E-state index in [-0.39, 0.29) is 17.8 Å². The summed E-state index contributed by atoms with van der Waals surface area (Å²) in [4.78, 5) is 6.87. The summed E-state index contributed by atoms with van der Waals surface area (Å²) >= 11 is 5.89. The van der Waals surface area contributed by atoms with E-state index in [0.717, 1.165) is 34.0 Å². The highest BCUT2D eigenvalue weighted by atomic mass is 32.1. The Hall–Kier alpha value is -3.64. The molecule has 0 saturated carbocycles. The maximum atomic E-state index is 10.6. The number of phenolic OH excluding ortho intramolecular Hbond substituents is 1. The number of para-hydroxylation sites is 2. The molecule has 2 atom stereocenters. The van der Waals surface area contributed by atoms with Gasteiger partial charge in [-0.05, 0) is 99.1 Å². The number of nitrogens with one attached hydrogen (secondary N) is 1. The molecule has 0 spiro atoms. The molecule has 4 aromatic rings. The van der Waals surface area contributed by atoms with Crippen molar-refractivity contribution >= 4 is 23.0 Å². The van der Waals surface area contributed by atoms with Crippen LogP contribution in [0.1, 0.15) is 45.9 Å². The van der Waals surface area contributed by atoms with E-state index >= 15 is 0 Å². The molecule has 1 aliphatic rings. The highest BCUT2D eigenvalue weighted by Crippen LogP contribution is 2.44. The van der Waals surface area contributed by atoms with Gasteiger partial charge in [0.25, 0.3) is 0 Å². The number of benzene rings is 2. The Morgan fingerprint density at radius 3 is 2.38 bits per heavy atom. The highest BCUT2D eigenvalue weighted by molar-refractivity contribution is 7.80. The van der Waals surface area contributed by atoms with Crippen LogP contribution in [-0.2, 0) is 0 Å². The minimum absolute atomic E-state index is 0.102. The molecule has 172 valence electrons. The van der Waals surface area contributed by atoms with E-state index in [2.05, 4.69) is 71.7 Å². The molecule has 5 nitrogen and oxygen atoms in total. The minimum atomic E-state index is -0.117. The highest BCUT2D eigenvalue weighted by Gasteiger charge is 2.42. The molecule has 3 heterocycles. The summed E-state index contributed by atoms with van der Waals surface area (Å²) in [6.45, 7) is 8.42. The smallest absolute Gasteiger partial charge is 0.174 e. The van der Waals surface area contributed by atoms with Gasteiger partial charge in [0.1, 0.15) is 5.75 Å². The van der Waals surface area contributed by atoms with Crippen molar-refractivity contribution in [2.24, 2.45) is 0 Å². The fourth-order valence-corrected chi connectivity index (χ4v) is 5.28. The van der Waals surface area contributed by atoms with Gasteiger partial charge in [-0.1, -0.05) is 24.3 Å². The summed E-state index contributed by atoms with van der Waals surface area (Å²) in [5.74, 6) is 0.253. The van der Waals surface area contributed by atoms with Crippen LogP contribution in [0.15, 0.2) is 72.9 Å². The number of hydrogen-bond acceptors (Lipinski definition) is 3. The van der Waals surface area contributed by atoms with Gasteiger partial charge in [-0.15, -0.1) is 0 Å². The fraction of sp³-hybridized carbons (Fsp3) is 0.214. The molecule has 2 aromatic carbocycles. The van der Waals surface area contributed by atoms with E-state index in [4.69, 9.17) is 12.2 Å². The predicted molar refractivity (Wildman–Crippen MR) is 141 cm³/mol. The molecular weight excluding hydrogens is 440 g/mol. The van der Waals surface area contributed by atoms with Crippen LogP contribution < -0.4 is 10.2 Å². The molecule has 2 aromatic heterocycles. The third-order valence-electron chi connectivity index (χ3n) is 6.78. The number of aromatic nitrogens is 2. The number of hydrogen-bond donors (Lipinski definition) is 2. The number of anilines is 1. The Morgan fingerprint density at radius 1 is 0.912 bits per heavy atom. The number of rotatable bonds is 4. The molecule has 1 fully saturated rings. The SMILES string of the molecule is Cc1ccc(N2C(=S)N[C@H](c3ccccn3)[C@H]2c2cc(C)n(-c3ccccc3O)c2C)cc1C. The molecule has 5 rings (SSSR count). The van der Waals surface area contributed by atoms with E-state index in [9.17, 15) is 5.11 Å². The van der Waals surface area contributed by atoms with E-state index < -0.39 is 0 Å². The average Bonchev–Trinajstić information content (AvgIpc) is 3.32. The summed E-state index contributed by atoms with van der Waals surface area (Å²) in [5, 5.41) is 14.8. The van der Waals surface area contributed by atoms with Crippen molar-refractivity contribution in [2.45, 2.75) is 39.8 Å². The standard InChI is InChI=1S/C28H28N4OS/c1-17-12-13-21(15-18(17)2)32-27(26(30-28(32)34)23-9-7-8-14-29-23)22-16-19(3)31(20(22)4)24-10-5-6-11-25(24)33/h5-16,26-27,33H,1-4H3,(H,30,34)/t26-,27-/m1/s1. The van der Waals surface area contributed by atoms with Gasteiger partial charge in [-0.3, -0.25) is 4.98 Å². The number of nitrogens with zero attached hydrogens (tertiary/aromatic N) is 3. The summed E-state index contributed by atoms with van der Waals surface area (Å²) in [7, 11) is 0. The Balaban J connectivity index is 1.70. The molecule has 0 unspecified atom stereocenters. The second kappa shape index (κ2) is 8.61. The zero-order chi connectivity index (χ0) is 24.0. The van der Waals surface area contributed by atoms with Gasteiger partial charge in [0.05, 0.1) is 23.5 Å². The van der Waals surface area contributed by atoms with E-state index in [1.54, 1.807) is 6.07 Å². The molecular formula is C28H28N4OS. The number of pyridine rings is 1. The van der Waals surface area contributed by atoms with Crippen LogP contribution in [0, 0.1) is 27.7 Å². The van der Waals surface area contributed by atoms with Gasteiger partial charge in [-0.2, -0.15) is 0 Å². The Morgan fingerprint density at radius 2 is 1.68 bits per heavy atom. The molecule has 0 radical (unpaired) electrons. The number of aromatic hydroxyl groups is 1. The maximum Gasteiger partial charge on any atom is 0.174 e. The monoisotopic (exact) mass is 468 g/mol. The van der Waals surface area contributed by atoms with Gasteiger partial charge in [-0.25, -0.2) is 0 Å². The van der Waals surface area contributed by atoms with E-state index in [1.165, 1.54) is 11.1 Å². The first-order valence-electron chi connectivity index (χ1n) is 11.4. The number of phenols is 1. The van der Waals surface area contributed by atoms with Crippen molar-refractivity contribution in [3.05, 3.63) is 107 Å². The van der Waals surface area contributed by atoms with Crippen LogP contribution in [0.2, 0.25) is 0 Å². The molecule has 0 aliphatic carbocycles. The number of thiocarbonyl (C=S) groups is 1. The zero-order valence-electron chi connectivity index (χ0n) is 19.8. The van der Waals surface area contributed by atoms with Crippen molar-refractivity contribution in [3.63, 3.8) is 0 Å². The summed E-state index contributed by atoms with van der Waals surface area (Å²) in [6.07, 6.45) is 1.82. The van der Waals surface area contributed by atoms with Gasteiger partial charge >= 0.3 is 0 Å². The summed E-state index contributed by atoms with van der Waals surface area (Å²) in [6, 6.07) is 21.9. The minimum Gasteiger partial charge on any atom is -0.506 e. The normalized spacial score (nSPS) is 17.8. The molecule has 1 aliphatic heterocycles. The van der Waals surface area contributed by atoms with E-state index in [0.29, 0.717) is 5.11 Å². The molecule has 0 amide bonds. The largest absolute Gasteiger partial charge is 0.506 e. The van der Waals surface area contributed by atoms with Crippen LogP contribution >= 0.6 is 12.2 Å². The maximum absolute atomic E-state index is 10.6. The third-order valence-corrected chi connectivity index (χ3v) is 7.09. The van der Waals surface area contributed by atoms with Crippen molar-refractivity contribution in [2.75, 3.05) is 4.90 Å². The van der Waals surface area contributed by atoms with Crippen molar-refractivity contribution in [1.82, 2.24) is 14.9 Å². The predicted octanol–water partition coefficient (Wildman–Crippen LogP) is 5.99. The van der Waals surface area contributed by atoms with Crippen molar-refractivity contribution in [1.29, 1.82) is 0 Å². The summed E-state index contributed by atoms with van der Waals surface area (Å²) < 4.78 is 2.11. The van der Waals surface area contributed by atoms with E-state index in [1.807, 2.05) is 42.6 Å². The van der Waals surface area contributed by atoms with Crippen LogP contribution in [-0.4, -0.2) is 19.8 Å². The fourth-order valence-electron chi connectivity index (χ4n) is 4.94. The van der Waals surface area contributed by atoms with Crippen molar-refractivity contribution in [3.8, 4) is 11.4 Å². The average molecular weight is 469 g/mol. The second-order valence-corrected chi connectivity index (χ2v) is 9.30. The van der Waals surface area contributed by atoms with Crippen molar-refractivity contribution < 1.29 is 5.11 Å². The van der Waals surface area contributed by atoms with Crippen LogP contribution in [0.25, 0.3) is 5.69 Å². The van der Waals surface area contributed by atoms with Crippen LogP contribution in [0.3, 0.4) is 0 Å². The molecule has 6 heteroatoms. The second-order valence-electron chi connectivity index (χ2n) is 8.92. The Kier molecular flexibility index (Phi) is 5.62. The lowest BCUT2D eigenvalue weighted by Crippen LogP contribution is -2.29. The first-order chi connectivity index (χ1) is 16.4. The quantitative estimate of drug-likeness (QED) is 0.361. The molecule has 0 bridgehead atoms. The topological polar surface area (TPSA) is 53.3 Å². The van der Waals surface area contributed by atoms with Gasteiger partial charge in [0.15, 0.2) is 5.11 Å². The first-order valence-corrected chi connectivity index (χ1v) is 11.8. The molecule has 2 N–H and O–H groups in total. The first kappa shape index (κ1) is 22.2. The van der Waals surface area contributed by atoms with Gasteiger partial charge in [0, 0.05) is 23.3 Å². The molecule has 34 heavy (non-hydrogen) atoms. The van der Waals surface area contributed by atoms with Crippen LogP contribution in [0.5, 0.6) is 5.75 Å². The summed E-state index contributed by atoms with van der Waals surface area (Å²) in [5.41, 5.74) is 8.48. The lowest BCUT2D eigenvalue weighted by molar-refractivity contribution is 0.471. The Bertz CT molecular complexity index is 1380. The Labute approximate surface area is 205 Å². The number of aryl methyl sites for hydroxylation is 3. The van der Waals surface area contributed by atoms with Crippen LogP contribution in [0.4, 0.5) is 5.69 Å². The lowest BCUT2D eigenvalue weighted by Gasteiger charge is -2.28. The molecule has 1 saturated heterocycles. The lowest BCUT2D eigenvalue weighted by atomic mass is 9.96.